The fourth-order valence-corrected chi connectivity index (χ4v) is 1.75. The molecule has 0 radical (unpaired) electrons. The molecule has 9 heteroatoms. The number of aliphatic hydroxyl groups excluding tert-OH is 1. The van der Waals surface area contributed by atoms with Crippen molar-refractivity contribution in [3.63, 3.8) is 0 Å². The van der Waals surface area contributed by atoms with Gasteiger partial charge in [0.15, 0.2) is 0 Å². The van der Waals surface area contributed by atoms with Gasteiger partial charge in [0.05, 0.1) is 25.3 Å². The van der Waals surface area contributed by atoms with Gasteiger partial charge in [-0.2, -0.15) is 13.2 Å². The second-order valence-electron chi connectivity index (χ2n) is 4.21. The van der Waals surface area contributed by atoms with E-state index in [2.05, 4.69) is 0 Å². The molecule has 1 amide bonds. The predicted molar refractivity (Wildman–Crippen MR) is 63.5 cm³/mol. The van der Waals surface area contributed by atoms with Crippen LogP contribution in [0.3, 0.4) is 0 Å². The van der Waals surface area contributed by atoms with Gasteiger partial charge in [-0.3, -0.25) is 15.1 Å². The third-order valence-electron chi connectivity index (χ3n) is 2.54. The van der Waals surface area contributed by atoms with Crippen molar-refractivity contribution in [3.05, 3.63) is 23.2 Å². The maximum absolute atomic E-state index is 12.4. The molecule has 0 aromatic carbocycles. The van der Waals surface area contributed by atoms with Crippen LogP contribution in [0.2, 0.25) is 0 Å². The number of aliphatic hydroxyl groups is 1. The minimum Gasteiger partial charge on any atom is -0.464 e. The average Bonchev–Trinajstić information content (AvgIpc) is 2.67. The van der Waals surface area contributed by atoms with Crippen molar-refractivity contribution in [2.24, 2.45) is 5.84 Å². The largest absolute Gasteiger partial charge is 0.464 e. The van der Waals surface area contributed by atoms with Gasteiger partial charge in [0.2, 0.25) is 0 Å². The molecule has 0 atom stereocenters. The van der Waals surface area contributed by atoms with Crippen molar-refractivity contribution in [1.29, 1.82) is 0 Å². The van der Waals surface area contributed by atoms with Crippen molar-refractivity contribution in [1.82, 2.24) is 10.3 Å². The summed E-state index contributed by atoms with van der Waals surface area (Å²) in [6.45, 7) is -0.401. The first kappa shape index (κ1) is 16.5. The van der Waals surface area contributed by atoms with Gasteiger partial charge in [0.1, 0.15) is 11.5 Å². The molecule has 0 aliphatic heterocycles. The molecule has 1 heterocycles. The monoisotopic (exact) mass is 295 g/mol. The van der Waals surface area contributed by atoms with Crippen LogP contribution < -0.4 is 11.3 Å². The lowest BCUT2D eigenvalue weighted by atomic mass is 10.2. The lowest BCUT2D eigenvalue weighted by Gasteiger charge is -2.21. The number of furan rings is 1. The summed E-state index contributed by atoms with van der Waals surface area (Å²) in [5.41, 5.74) is 2.08. The molecular formula is C11H16F3N3O3. The van der Waals surface area contributed by atoms with E-state index >= 15 is 0 Å². The molecular weight excluding hydrogens is 279 g/mol. The van der Waals surface area contributed by atoms with Crippen LogP contribution in [-0.4, -0.2) is 41.8 Å². The Bertz CT molecular complexity index is 460. The Hall–Kier alpha value is -1.58. The molecule has 0 aliphatic rings. The number of nitrogens with one attached hydrogen (secondary N) is 1. The molecule has 0 saturated carbocycles. The number of alkyl halides is 3. The van der Waals surface area contributed by atoms with Crippen molar-refractivity contribution in [2.45, 2.75) is 19.6 Å². The molecule has 20 heavy (non-hydrogen) atoms. The van der Waals surface area contributed by atoms with Crippen LogP contribution in [0.1, 0.15) is 21.9 Å². The van der Waals surface area contributed by atoms with E-state index in [-0.39, 0.29) is 30.2 Å². The van der Waals surface area contributed by atoms with Crippen LogP contribution in [0.4, 0.5) is 13.2 Å². The van der Waals surface area contributed by atoms with Gasteiger partial charge in [0.25, 0.3) is 5.91 Å². The number of nitrogens with two attached hydrogens (primary N) is 1. The molecule has 0 unspecified atom stereocenters. The van der Waals surface area contributed by atoms with Crippen LogP contribution in [0.25, 0.3) is 0 Å². The van der Waals surface area contributed by atoms with E-state index in [1.165, 1.54) is 13.0 Å². The van der Waals surface area contributed by atoms with Gasteiger partial charge in [-0.25, -0.2) is 5.84 Å². The minimum absolute atomic E-state index is 0.155. The molecule has 0 spiro atoms. The summed E-state index contributed by atoms with van der Waals surface area (Å²) in [5.74, 6) is 4.86. The zero-order valence-electron chi connectivity index (χ0n) is 10.8. The van der Waals surface area contributed by atoms with Crippen LogP contribution in [0.5, 0.6) is 0 Å². The molecule has 0 fully saturated rings. The fraction of sp³-hybridized carbons (Fsp3) is 0.545. The fourth-order valence-electron chi connectivity index (χ4n) is 1.75. The lowest BCUT2D eigenvalue weighted by Crippen LogP contribution is -2.35. The number of hydrogen-bond donors (Lipinski definition) is 3. The first-order chi connectivity index (χ1) is 9.26. The Balaban J connectivity index is 2.81. The molecule has 4 N–H and O–H groups in total. The summed E-state index contributed by atoms with van der Waals surface area (Å²) < 4.78 is 42.3. The first-order valence-electron chi connectivity index (χ1n) is 5.77. The molecule has 1 aromatic rings. The van der Waals surface area contributed by atoms with Crippen LogP contribution >= 0.6 is 0 Å². The van der Waals surface area contributed by atoms with E-state index in [4.69, 9.17) is 15.4 Å². The number of halogens is 3. The zero-order chi connectivity index (χ0) is 15.3. The predicted octanol–water partition coefficient (Wildman–Crippen LogP) is 0.548. The van der Waals surface area contributed by atoms with Gasteiger partial charge in [-0.15, -0.1) is 0 Å². The van der Waals surface area contributed by atoms with Gasteiger partial charge >= 0.3 is 6.18 Å². The number of aryl methyl sites for hydroxylation is 1. The number of rotatable bonds is 6. The molecule has 0 saturated heterocycles. The maximum Gasteiger partial charge on any atom is 0.401 e. The number of nitrogens with zero attached hydrogens (tertiary/aromatic N) is 1. The maximum atomic E-state index is 12.4. The van der Waals surface area contributed by atoms with E-state index in [0.717, 1.165) is 4.90 Å². The van der Waals surface area contributed by atoms with E-state index in [1.807, 2.05) is 5.43 Å². The molecule has 0 aliphatic carbocycles. The van der Waals surface area contributed by atoms with Crippen molar-refractivity contribution in [2.75, 3.05) is 19.7 Å². The molecule has 6 nitrogen and oxygen atoms in total. The van der Waals surface area contributed by atoms with E-state index in [9.17, 15) is 18.0 Å². The highest BCUT2D eigenvalue weighted by atomic mass is 19.4. The summed E-state index contributed by atoms with van der Waals surface area (Å²) in [5, 5.41) is 8.78. The molecule has 1 rings (SSSR count). The van der Waals surface area contributed by atoms with Crippen LogP contribution in [0, 0.1) is 6.92 Å². The summed E-state index contributed by atoms with van der Waals surface area (Å²) in [6.07, 6.45) is -4.38. The zero-order valence-corrected chi connectivity index (χ0v) is 10.8. The van der Waals surface area contributed by atoms with Crippen LogP contribution in [-0.2, 0) is 6.54 Å². The SMILES string of the molecule is Cc1oc(CN(CCO)CC(F)(F)F)cc1C(=O)NN. The van der Waals surface area contributed by atoms with Gasteiger partial charge in [0, 0.05) is 6.54 Å². The van der Waals surface area contributed by atoms with Gasteiger partial charge in [-0.05, 0) is 13.0 Å². The topological polar surface area (TPSA) is 91.7 Å². The summed E-state index contributed by atoms with van der Waals surface area (Å²) in [7, 11) is 0. The standard InChI is InChI=1S/C11H16F3N3O3/c1-7-9(10(19)16-15)4-8(20-7)5-17(2-3-18)6-11(12,13)14/h4,18H,2-3,5-6,15H2,1H3,(H,16,19). The lowest BCUT2D eigenvalue weighted by molar-refractivity contribution is -0.148. The second-order valence-corrected chi connectivity index (χ2v) is 4.21. The van der Waals surface area contributed by atoms with Gasteiger partial charge < -0.3 is 9.52 Å². The summed E-state index contributed by atoms with van der Waals surface area (Å²) >= 11 is 0. The highest BCUT2D eigenvalue weighted by molar-refractivity contribution is 5.94. The number of nitrogen functional groups attached to an aromatic ring is 1. The summed E-state index contributed by atoms with van der Waals surface area (Å²) in [4.78, 5) is 12.3. The molecule has 1 aromatic heterocycles. The quantitative estimate of drug-likeness (QED) is 0.405. The minimum atomic E-state index is -4.38. The summed E-state index contributed by atoms with van der Waals surface area (Å²) in [6, 6.07) is 1.33. The Morgan fingerprint density at radius 1 is 1.55 bits per heavy atom. The van der Waals surface area contributed by atoms with E-state index in [1.54, 1.807) is 0 Å². The van der Waals surface area contributed by atoms with Crippen molar-refractivity contribution >= 4 is 5.91 Å². The smallest absolute Gasteiger partial charge is 0.401 e. The number of carbonyl (C=O) groups excluding carboxylic acids is 1. The second kappa shape index (κ2) is 6.73. The van der Waals surface area contributed by atoms with E-state index in [0.29, 0.717) is 0 Å². The third-order valence-corrected chi connectivity index (χ3v) is 2.54. The molecule has 114 valence electrons. The Labute approximate surface area is 113 Å². The third kappa shape index (κ3) is 4.83. The number of hydrogen-bond acceptors (Lipinski definition) is 5. The van der Waals surface area contributed by atoms with Crippen LogP contribution in [0.15, 0.2) is 10.5 Å². The Morgan fingerprint density at radius 2 is 2.20 bits per heavy atom. The average molecular weight is 295 g/mol. The normalized spacial score (nSPS) is 11.9. The number of amides is 1. The number of carbonyl (C=O) groups is 1. The first-order valence-corrected chi connectivity index (χ1v) is 5.77. The number of hydrazine groups is 1. The molecule has 0 bridgehead atoms. The van der Waals surface area contributed by atoms with Crippen molar-refractivity contribution < 1.29 is 27.5 Å². The van der Waals surface area contributed by atoms with E-state index < -0.39 is 25.2 Å². The Morgan fingerprint density at radius 3 is 2.70 bits per heavy atom. The van der Waals surface area contributed by atoms with Gasteiger partial charge in [-0.1, -0.05) is 0 Å². The van der Waals surface area contributed by atoms with Crippen molar-refractivity contribution in [3.8, 4) is 0 Å². The highest BCUT2D eigenvalue weighted by Crippen LogP contribution is 2.20. The Kier molecular flexibility index (Phi) is 5.54. The highest BCUT2D eigenvalue weighted by Gasteiger charge is 2.31.